The maximum atomic E-state index is 10.5. The summed E-state index contributed by atoms with van der Waals surface area (Å²) < 4.78 is 0. The smallest absolute Gasteiger partial charge is 0.115 e. The first-order valence-electron chi connectivity index (χ1n) is 8.32. The lowest BCUT2D eigenvalue weighted by molar-refractivity contribution is 0.106. The fourth-order valence-electron chi connectivity index (χ4n) is 2.91. The highest BCUT2D eigenvalue weighted by molar-refractivity contribution is 5.32. The molecule has 1 unspecified atom stereocenters. The van der Waals surface area contributed by atoms with Gasteiger partial charge in [0.15, 0.2) is 0 Å². The van der Waals surface area contributed by atoms with E-state index in [1.165, 1.54) is 12.8 Å². The molecule has 0 aliphatic heterocycles. The predicted octanol–water partition coefficient (Wildman–Crippen LogP) is 3.21. The summed E-state index contributed by atoms with van der Waals surface area (Å²) in [6, 6.07) is 16.5. The number of hydrogen-bond donors (Lipinski definition) is 2. The molecule has 0 spiro atoms. The van der Waals surface area contributed by atoms with E-state index in [0.29, 0.717) is 18.7 Å². The summed E-state index contributed by atoms with van der Waals surface area (Å²) >= 11 is 0. The maximum Gasteiger partial charge on any atom is 0.115 e. The Bertz CT molecular complexity index is 717. The number of aromatic hydroxyl groups is 1. The molecule has 2 aromatic carbocycles. The lowest BCUT2D eigenvalue weighted by Gasteiger charge is -2.25. The standard InChI is InChI=1S/C20H22N2O2/c21-11-15-6-8-18(9-7-15)20(24)14-22(12-16-4-5-16)13-17-2-1-3-19(23)10-17/h1-3,6-10,16,20,23-24H,4-5,12-14H2. The third kappa shape index (κ3) is 4.58. The van der Waals surface area contributed by atoms with Crippen LogP contribution in [0.15, 0.2) is 48.5 Å². The number of benzene rings is 2. The van der Waals surface area contributed by atoms with Crippen LogP contribution in [0.4, 0.5) is 0 Å². The van der Waals surface area contributed by atoms with E-state index in [1.54, 1.807) is 24.3 Å². The molecule has 1 saturated carbocycles. The van der Waals surface area contributed by atoms with Crippen molar-refractivity contribution in [1.82, 2.24) is 4.90 Å². The Morgan fingerprint density at radius 2 is 1.92 bits per heavy atom. The number of rotatable bonds is 7. The monoisotopic (exact) mass is 322 g/mol. The molecule has 4 nitrogen and oxygen atoms in total. The predicted molar refractivity (Wildman–Crippen MR) is 92.2 cm³/mol. The van der Waals surface area contributed by atoms with Crippen molar-refractivity contribution >= 4 is 0 Å². The number of nitrogens with zero attached hydrogens (tertiary/aromatic N) is 2. The van der Waals surface area contributed by atoms with Crippen LogP contribution in [0.1, 0.15) is 35.6 Å². The molecular formula is C20H22N2O2. The second-order valence-electron chi connectivity index (χ2n) is 6.56. The zero-order chi connectivity index (χ0) is 16.9. The van der Waals surface area contributed by atoms with Gasteiger partial charge in [0.05, 0.1) is 17.7 Å². The van der Waals surface area contributed by atoms with Crippen LogP contribution in [-0.4, -0.2) is 28.2 Å². The lowest BCUT2D eigenvalue weighted by atomic mass is 10.1. The summed E-state index contributed by atoms with van der Waals surface area (Å²) in [6.07, 6.45) is 1.92. The minimum Gasteiger partial charge on any atom is -0.508 e. The van der Waals surface area contributed by atoms with E-state index in [1.807, 2.05) is 24.3 Å². The molecular weight excluding hydrogens is 300 g/mol. The van der Waals surface area contributed by atoms with Gasteiger partial charge in [-0.05, 0) is 54.2 Å². The number of phenols is 1. The van der Waals surface area contributed by atoms with Gasteiger partial charge in [0, 0.05) is 19.6 Å². The fraction of sp³-hybridized carbons (Fsp3) is 0.350. The van der Waals surface area contributed by atoms with Gasteiger partial charge in [-0.3, -0.25) is 4.90 Å². The Hall–Kier alpha value is -2.35. The van der Waals surface area contributed by atoms with Crippen molar-refractivity contribution in [2.24, 2.45) is 5.92 Å². The number of aliphatic hydroxyl groups is 1. The molecule has 0 saturated heterocycles. The zero-order valence-electron chi connectivity index (χ0n) is 13.6. The van der Waals surface area contributed by atoms with Gasteiger partial charge < -0.3 is 10.2 Å². The van der Waals surface area contributed by atoms with E-state index >= 15 is 0 Å². The average Bonchev–Trinajstić information content (AvgIpc) is 3.39. The van der Waals surface area contributed by atoms with Crippen molar-refractivity contribution in [2.75, 3.05) is 13.1 Å². The van der Waals surface area contributed by atoms with Crippen LogP contribution in [0.3, 0.4) is 0 Å². The maximum absolute atomic E-state index is 10.5. The van der Waals surface area contributed by atoms with Gasteiger partial charge in [0.1, 0.15) is 5.75 Å². The van der Waals surface area contributed by atoms with E-state index in [2.05, 4.69) is 11.0 Å². The molecule has 2 N–H and O–H groups in total. The summed E-state index contributed by atoms with van der Waals surface area (Å²) in [4.78, 5) is 2.25. The van der Waals surface area contributed by atoms with Gasteiger partial charge in [-0.25, -0.2) is 0 Å². The SMILES string of the molecule is N#Cc1ccc(C(O)CN(Cc2cccc(O)c2)CC2CC2)cc1. The summed E-state index contributed by atoms with van der Waals surface area (Å²) in [5, 5.41) is 29.0. The molecule has 0 aromatic heterocycles. The molecule has 0 amide bonds. The van der Waals surface area contributed by atoms with Crippen LogP contribution in [0, 0.1) is 17.2 Å². The van der Waals surface area contributed by atoms with Crippen molar-refractivity contribution in [2.45, 2.75) is 25.5 Å². The van der Waals surface area contributed by atoms with Crippen LogP contribution >= 0.6 is 0 Å². The van der Waals surface area contributed by atoms with Gasteiger partial charge in [0.2, 0.25) is 0 Å². The van der Waals surface area contributed by atoms with Crippen LogP contribution in [-0.2, 0) is 6.54 Å². The largest absolute Gasteiger partial charge is 0.508 e. The minimum absolute atomic E-state index is 0.270. The molecule has 4 heteroatoms. The van der Waals surface area contributed by atoms with Gasteiger partial charge in [-0.2, -0.15) is 5.26 Å². The van der Waals surface area contributed by atoms with E-state index in [0.717, 1.165) is 23.6 Å². The van der Waals surface area contributed by atoms with Crippen molar-refractivity contribution in [1.29, 1.82) is 5.26 Å². The fourth-order valence-corrected chi connectivity index (χ4v) is 2.91. The Balaban J connectivity index is 1.67. The highest BCUT2D eigenvalue weighted by atomic mass is 16.3. The van der Waals surface area contributed by atoms with E-state index in [9.17, 15) is 10.2 Å². The topological polar surface area (TPSA) is 67.5 Å². The summed E-state index contributed by atoms with van der Waals surface area (Å²) in [6.45, 7) is 2.21. The number of nitriles is 1. The van der Waals surface area contributed by atoms with Crippen LogP contribution in [0.5, 0.6) is 5.75 Å². The molecule has 1 fully saturated rings. The molecule has 124 valence electrons. The molecule has 2 aromatic rings. The average molecular weight is 322 g/mol. The van der Waals surface area contributed by atoms with E-state index < -0.39 is 6.10 Å². The summed E-state index contributed by atoms with van der Waals surface area (Å²) in [7, 11) is 0. The van der Waals surface area contributed by atoms with Crippen LogP contribution in [0.2, 0.25) is 0 Å². The van der Waals surface area contributed by atoms with Crippen LogP contribution < -0.4 is 0 Å². The Labute approximate surface area is 142 Å². The van der Waals surface area contributed by atoms with Gasteiger partial charge in [-0.15, -0.1) is 0 Å². The molecule has 1 aliphatic rings. The first kappa shape index (κ1) is 16.5. The first-order valence-corrected chi connectivity index (χ1v) is 8.32. The normalized spacial score (nSPS) is 15.2. The summed E-state index contributed by atoms with van der Waals surface area (Å²) in [5.41, 5.74) is 2.47. The molecule has 1 atom stereocenters. The second kappa shape index (κ2) is 7.48. The zero-order valence-corrected chi connectivity index (χ0v) is 13.6. The third-order valence-corrected chi connectivity index (χ3v) is 4.39. The Morgan fingerprint density at radius 3 is 2.54 bits per heavy atom. The number of aliphatic hydroxyl groups excluding tert-OH is 1. The third-order valence-electron chi connectivity index (χ3n) is 4.39. The van der Waals surface area contributed by atoms with Gasteiger partial charge >= 0.3 is 0 Å². The summed E-state index contributed by atoms with van der Waals surface area (Å²) in [5.74, 6) is 0.988. The lowest BCUT2D eigenvalue weighted by Crippen LogP contribution is -2.30. The molecule has 24 heavy (non-hydrogen) atoms. The minimum atomic E-state index is -0.589. The molecule has 3 rings (SSSR count). The highest BCUT2D eigenvalue weighted by Gasteiger charge is 2.25. The number of phenolic OH excluding ortho intramolecular Hbond substituents is 1. The Kier molecular flexibility index (Phi) is 5.14. The van der Waals surface area contributed by atoms with Crippen molar-refractivity contribution in [3.8, 4) is 11.8 Å². The van der Waals surface area contributed by atoms with Gasteiger partial charge in [-0.1, -0.05) is 24.3 Å². The molecule has 0 radical (unpaired) electrons. The molecule has 0 bridgehead atoms. The Morgan fingerprint density at radius 1 is 1.17 bits per heavy atom. The number of hydrogen-bond acceptors (Lipinski definition) is 4. The second-order valence-corrected chi connectivity index (χ2v) is 6.56. The van der Waals surface area contributed by atoms with E-state index in [4.69, 9.17) is 5.26 Å². The highest BCUT2D eigenvalue weighted by Crippen LogP contribution is 2.31. The van der Waals surface area contributed by atoms with Gasteiger partial charge in [0.25, 0.3) is 0 Å². The molecule has 1 aliphatic carbocycles. The van der Waals surface area contributed by atoms with Crippen LogP contribution in [0.25, 0.3) is 0 Å². The molecule has 0 heterocycles. The van der Waals surface area contributed by atoms with Crippen molar-refractivity contribution < 1.29 is 10.2 Å². The quantitative estimate of drug-likeness (QED) is 0.821. The van der Waals surface area contributed by atoms with E-state index in [-0.39, 0.29) is 5.75 Å². The first-order chi connectivity index (χ1) is 11.6. The van der Waals surface area contributed by atoms with Crippen molar-refractivity contribution in [3.63, 3.8) is 0 Å². The van der Waals surface area contributed by atoms with Crippen molar-refractivity contribution in [3.05, 3.63) is 65.2 Å².